The van der Waals surface area contributed by atoms with Gasteiger partial charge in [0, 0.05) is 0 Å². The number of benzene rings is 1. The van der Waals surface area contributed by atoms with Gasteiger partial charge in [-0.1, -0.05) is 0 Å². The fraction of sp³-hybridized carbons (Fsp3) is 0.143. The Morgan fingerprint density at radius 1 is 1.20 bits per heavy atom. The summed E-state index contributed by atoms with van der Waals surface area (Å²) in [6.07, 6.45) is 0. The van der Waals surface area contributed by atoms with Crippen LogP contribution in [0.2, 0.25) is 0 Å². The molecule has 0 aromatic heterocycles. The first-order valence-corrected chi connectivity index (χ1v) is 5.67. The van der Waals surface area contributed by atoms with Gasteiger partial charge in [-0.05, 0) is 0 Å². The molecule has 0 fully saturated rings. The first-order valence-electron chi connectivity index (χ1n) is 3.48. The molecular formula is C7H4ClF3MgO2S. The molecule has 0 amide bonds. The van der Waals surface area contributed by atoms with Gasteiger partial charge in [0.1, 0.15) is 0 Å². The van der Waals surface area contributed by atoms with Crippen LogP contribution < -0.4 is 16.1 Å². The Balaban J connectivity index is 0.00000196. The average Bonchev–Trinajstić information content (AvgIpc) is 2.02. The molecule has 0 N–H and O–H groups in total. The van der Waals surface area contributed by atoms with E-state index in [0.717, 1.165) is 12.1 Å². The van der Waals surface area contributed by atoms with Crippen LogP contribution >= 0.6 is 0 Å². The van der Waals surface area contributed by atoms with Gasteiger partial charge in [-0.15, -0.1) is 0 Å². The molecule has 0 aliphatic heterocycles. The monoisotopic (exact) mass is 268 g/mol. The summed E-state index contributed by atoms with van der Waals surface area (Å²) in [5.74, 6) is 0. The van der Waals surface area contributed by atoms with E-state index in [9.17, 15) is 21.6 Å². The number of halogens is 4. The molecule has 0 spiro atoms. The summed E-state index contributed by atoms with van der Waals surface area (Å²) in [4.78, 5) is -0.711. The maximum absolute atomic E-state index is 12.1. The summed E-state index contributed by atoms with van der Waals surface area (Å²) in [5.41, 5.74) is -5.23. The molecule has 0 radical (unpaired) electrons. The molecular weight excluding hydrogens is 265 g/mol. The Morgan fingerprint density at radius 2 is 1.73 bits per heavy atom. The second kappa shape index (κ2) is 4.90. The number of hydrogen-bond acceptors (Lipinski definition) is 2. The van der Waals surface area contributed by atoms with Crippen molar-refractivity contribution in [3.8, 4) is 0 Å². The molecule has 0 aliphatic carbocycles. The van der Waals surface area contributed by atoms with Gasteiger partial charge in [0.25, 0.3) is 0 Å². The molecule has 8 heteroatoms. The van der Waals surface area contributed by atoms with Crippen LogP contribution in [0.5, 0.6) is 0 Å². The average molecular weight is 269 g/mol. The molecule has 0 bridgehead atoms. The summed E-state index contributed by atoms with van der Waals surface area (Å²) >= 11 is 1.32. The van der Waals surface area contributed by atoms with E-state index in [1.165, 1.54) is 33.8 Å². The van der Waals surface area contributed by atoms with Crippen LogP contribution in [0.4, 0.5) is 13.2 Å². The van der Waals surface area contributed by atoms with Crippen LogP contribution in [0.1, 0.15) is 0 Å². The van der Waals surface area contributed by atoms with Crippen LogP contribution in [-0.4, -0.2) is 35.6 Å². The topological polar surface area (TPSA) is 34.1 Å². The van der Waals surface area contributed by atoms with Gasteiger partial charge in [-0.2, -0.15) is 0 Å². The Hall–Kier alpha value is 0.0162. The van der Waals surface area contributed by atoms with Crippen molar-refractivity contribution >= 4 is 35.2 Å². The van der Waals surface area contributed by atoms with Gasteiger partial charge in [-0.3, -0.25) is 0 Å². The summed E-state index contributed by atoms with van der Waals surface area (Å²) < 4.78 is 58.5. The molecule has 0 saturated heterocycles. The van der Waals surface area contributed by atoms with E-state index in [-0.39, 0.29) is 12.4 Å². The minimum absolute atomic E-state index is 0. The zero-order chi connectivity index (χ0) is 11.0. The molecule has 0 saturated carbocycles. The first kappa shape index (κ1) is 15.0. The molecule has 80 valence electrons. The van der Waals surface area contributed by atoms with Gasteiger partial charge in [-0.25, -0.2) is 0 Å². The minimum atomic E-state index is -5.23. The van der Waals surface area contributed by atoms with Gasteiger partial charge in [0.15, 0.2) is 0 Å². The van der Waals surface area contributed by atoms with Gasteiger partial charge in [0.05, 0.1) is 0 Å². The van der Waals surface area contributed by atoms with Crippen molar-refractivity contribution in [1.29, 1.82) is 0 Å². The van der Waals surface area contributed by atoms with Crippen LogP contribution in [0.15, 0.2) is 29.2 Å². The van der Waals surface area contributed by atoms with E-state index in [4.69, 9.17) is 0 Å². The number of rotatable bonds is 1. The van der Waals surface area contributed by atoms with Crippen molar-refractivity contribution in [1.82, 2.24) is 0 Å². The third-order valence-corrected chi connectivity index (χ3v) is 3.44. The predicted molar refractivity (Wildman–Crippen MR) is 45.1 cm³/mol. The van der Waals surface area contributed by atoms with Gasteiger partial charge < -0.3 is 12.4 Å². The second-order valence-corrected chi connectivity index (χ2v) is 5.35. The molecule has 1 aromatic rings. The van der Waals surface area contributed by atoms with Crippen LogP contribution in [0.25, 0.3) is 0 Å². The van der Waals surface area contributed by atoms with Crippen molar-refractivity contribution in [3.63, 3.8) is 0 Å². The van der Waals surface area contributed by atoms with Crippen LogP contribution in [0.3, 0.4) is 0 Å². The Kier molecular flexibility index (Phi) is 4.90. The fourth-order valence-electron chi connectivity index (χ4n) is 0.846. The normalized spacial score (nSPS) is 12.1. The molecule has 0 atom stereocenters. The molecule has 15 heavy (non-hydrogen) atoms. The zero-order valence-corrected chi connectivity index (χ0v) is 10.2. The maximum atomic E-state index is 12.1. The molecule has 1 aromatic carbocycles. The van der Waals surface area contributed by atoms with Gasteiger partial charge >= 0.3 is 91.5 Å². The quantitative estimate of drug-likeness (QED) is 0.541. The Bertz CT molecular complexity index is 444. The number of hydrogen-bond donors (Lipinski definition) is 0. The van der Waals surface area contributed by atoms with E-state index >= 15 is 0 Å². The Labute approximate surface area is 104 Å². The maximum Gasteiger partial charge on any atom is -1.00 e. The van der Waals surface area contributed by atoms with E-state index in [0.29, 0.717) is 3.69 Å². The molecule has 0 heterocycles. The van der Waals surface area contributed by atoms with E-state index in [1.54, 1.807) is 0 Å². The minimum Gasteiger partial charge on any atom is -1.00 e. The standard InChI is InChI=1S/C7H4F3O2S.ClH.Mg/c8-7(9,10)13(11,12)6-4-2-1-3-5-6;;/h1-2,4-5H;1H;/q;;+1/p-1. The van der Waals surface area contributed by atoms with Gasteiger partial charge in [0.2, 0.25) is 0 Å². The number of sulfone groups is 1. The summed E-state index contributed by atoms with van der Waals surface area (Å²) in [5, 5.41) is 0. The smallest absolute Gasteiger partial charge is 1.00 e. The molecule has 2 nitrogen and oxygen atoms in total. The summed E-state index contributed by atoms with van der Waals surface area (Å²) in [6, 6.07) is 4.75. The molecule has 1 rings (SSSR count). The van der Waals surface area contributed by atoms with Crippen molar-refractivity contribution < 1.29 is 34.0 Å². The van der Waals surface area contributed by atoms with Crippen LogP contribution in [-0.2, 0) is 9.84 Å². The van der Waals surface area contributed by atoms with Crippen molar-refractivity contribution in [2.45, 2.75) is 10.4 Å². The first-order chi connectivity index (χ1) is 6.25. The molecule has 0 aliphatic rings. The van der Waals surface area contributed by atoms with E-state index in [2.05, 4.69) is 0 Å². The summed E-state index contributed by atoms with van der Waals surface area (Å²) in [6.45, 7) is 0. The fourth-order valence-corrected chi connectivity index (χ4v) is 2.18. The Morgan fingerprint density at radius 3 is 2.13 bits per heavy atom. The van der Waals surface area contributed by atoms with E-state index in [1.807, 2.05) is 0 Å². The van der Waals surface area contributed by atoms with Crippen molar-refractivity contribution in [2.24, 2.45) is 0 Å². The second-order valence-electron chi connectivity index (χ2n) is 2.60. The third-order valence-electron chi connectivity index (χ3n) is 1.51. The van der Waals surface area contributed by atoms with Crippen molar-refractivity contribution in [3.05, 3.63) is 24.3 Å². The predicted octanol–water partition coefficient (Wildman–Crippen LogP) is -2.22. The summed E-state index contributed by atoms with van der Waals surface area (Å²) in [7, 11) is -5.19. The largest absolute Gasteiger partial charge is 1.00 e. The number of alkyl halides is 3. The SMILES string of the molecule is O=S(=O)(c1ccc[c]([Mg+])c1)C(F)(F)F.[Cl-]. The zero-order valence-electron chi connectivity index (χ0n) is 7.25. The third kappa shape index (κ3) is 3.23. The van der Waals surface area contributed by atoms with E-state index < -0.39 is 20.2 Å². The van der Waals surface area contributed by atoms with Crippen molar-refractivity contribution in [2.75, 3.05) is 0 Å². The van der Waals surface area contributed by atoms with Crippen LogP contribution in [0, 0.1) is 0 Å². The molecule has 0 unspecified atom stereocenters.